The first kappa shape index (κ1) is 17.0. The van der Waals surface area contributed by atoms with Gasteiger partial charge in [0.05, 0.1) is 16.8 Å². The van der Waals surface area contributed by atoms with Crippen LogP contribution in [0.3, 0.4) is 0 Å². The van der Waals surface area contributed by atoms with E-state index in [1.54, 1.807) is 0 Å². The van der Waals surface area contributed by atoms with Crippen molar-refractivity contribution in [2.75, 3.05) is 5.73 Å². The first-order valence-electron chi connectivity index (χ1n) is 6.44. The normalized spacial score (nSPS) is 13.7. The van der Waals surface area contributed by atoms with Gasteiger partial charge in [-0.25, -0.2) is 0 Å². The molecule has 1 aliphatic rings. The highest BCUT2D eigenvalue weighted by molar-refractivity contribution is 7.86. The average Bonchev–Trinajstić information content (AvgIpc) is 2.75. The molecular weight excluding hydrogens is 378 g/mol. The Hall–Kier alpha value is -2.89. The van der Waals surface area contributed by atoms with Crippen LogP contribution in [-0.2, 0) is 10.1 Å². The van der Waals surface area contributed by atoms with Gasteiger partial charge in [-0.05, 0) is 12.1 Å². The number of imide groups is 1. The third-order valence-electron chi connectivity index (χ3n) is 3.49. The number of aromatic nitrogens is 1. The van der Waals surface area contributed by atoms with E-state index < -0.39 is 49.6 Å². The van der Waals surface area contributed by atoms with Crippen LogP contribution in [0.1, 0.15) is 20.7 Å². The second kappa shape index (κ2) is 5.31. The number of nitrogens with one attached hydrogen (secondary N) is 1. The predicted octanol–water partition coefficient (Wildman–Crippen LogP) is -0.0910. The Bertz CT molecular complexity index is 1140. The number of anilines is 1. The summed E-state index contributed by atoms with van der Waals surface area (Å²) in [5, 5.41) is 11.9. The van der Waals surface area contributed by atoms with Crippen LogP contribution >= 0.6 is 11.6 Å². The van der Waals surface area contributed by atoms with Gasteiger partial charge in [0, 0.05) is 11.1 Å². The lowest BCUT2D eigenvalue weighted by molar-refractivity contribution is 0.0880. The van der Waals surface area contributed by atoms with Gasteiger partial charge in [0.1, 0.15) is 10.7 Å². The first-order valence-corrected chi connectivity index (χ1v) is 8.25. The molecule has 0 bridgehead atoms. The summed E-state index contributed by atoms with van der Waals surface area (Å²) in [5.74, 6) is -3.19. The summed E-state index contributed by atoms with van der Waals surface area (Å²) in [6.45, 7) is 0. The number of halogens is 1. The molecule has 10 nitrogen and oxygen atoms in total. The average molecular weight is 386 g/mol. The highest BCUT2D eigenvalue weighted by Crippen LogP contribution is 2.34. The summed E-state index contributed by atoms with van der Waals surface area (Å²) >= 11 is 5.78. The number of hydrogen-bond acceptors (Lipinski definition) is 7. The summed E-state index contributed by atoms with van der Waals surface area (Å²) in [6, 6.07) is 2.57. The predicted molar refractivity (Wildman–Crippen MR) is 84.7 cm³/mol. The molecule has 1 aliphatic heterocycles. The summed E-state index contributed by atoms with van der Waals surface area (Å²) in [6.07, 6.45) is 0. The van der Waals surface area contributed by atoms with E-state index in [9.17, 15) is 27.9 Å². The fourth-order valence-corrected chi connectivity index (χ4v) is 3.36. The van der Waals surface area contributed by atoms with Crippen LogP contribution in [0.15, 0.2) is 27.9 Å². The number of pyridine rings is 1. The van der Waals surface area contributed by atoms with Crippen molar-refractivity contribution in [3.8, 4) is 11.4 Å². The summed E-state index contributed by atoms with van der Waals surface area (Å²) in [4.78, 5) is 34.8. The van der Waals surface area contributed by atoms with Crippen molar-refractivity contribution >= 4 is 39.4 Å². The minimum atomic E-state index is -4.87. The van der Waals surface area contributed by atoms with E-state index in [1.807, 2.05) is 5.32 Å². The van der Waals surface area contributed by atoms with E-state index in [4.69, 9.17) is 21.9 Å². The molecular formula is C13H8ClN3O7S. The lowest BCUT2D eigenvalue weighted by atomic mass is 10.1. The van der Waals surface area contributed by atoms with Crippen LogP contribution in [0.5, 0.6) is 5.75 Å². The Morgan fingerprint density at radius 3 is 2.36 bits per heavy atom. The SMILES string of the molecule is Nc1c2c(cc(=O)n1-c1cc(Cl)cc(S(=O)(=O)O)c1O)C(=O)NC2=O. The second-order valence-electron chi connectivity index (χ2n) is 5.02. The monoisotopic (exact) mass is 385 g/mol. The van der Waals surface area contributed by atoms with Gasteiger partial charge in [-0.15, -0.1) is 0 Å². The lowest BCUT2D eigenvalue weighted by Gasteiger charge is -2.15. The number of nitrogens with two attached hydrogens (primary N) is 1. The van der Waals surface area contributed by atoms with Gasteiger partial charge >= 0.3 is 0 Å². The molecule has 2 aromatic rings. The molecule has 2 amide bonds. The number of benzene rings is 1. The molecule has 0 radical (unpaired) electrons. The molecule has 3 rings (SSSR count). The molecule has 0 atom stereocenters. The Kier molecular flexibility index (Phi) is 3.60. The topological polar surface area (TPSA) is 169 Å². The van der Waals surface area contributed by atoms with Crippen molar-refractivity contribution in [3.05, 3.63) is 44.7 Å². The number of fused-ring (bicyclic) bond motifs is 1. The van der Waals surface area contributed by atoms with Crippen LogP contribution in [0, 0.1) is 0 Å². The van der Waals surface area contributed by atoms with Crippen molar-refractivity contribution in [2.45, 2.75) is 4.90 Å². The number of carbonyl (C=O) groups is 2. The van der Waals surface area contributed by atoms with E-state index in [0.29, 0.717) is 4.57 Å². The molecule has 5 N–H and O–H groups in total. The fraction of sp³-hybridized carbons (Fsp3) is 0. The number of amides is 2. The van der Waals surface area contributed by atoms with Gasteiger partial charge in [-0.1, -0.05) is 11.6 Å². The van der Waals surface area contributed by atoms with E-state index in [1.165, 1.54) is 0 Å². The summed E-state index contributed by atoms with van der Waals surface area (Å²) in [7, 11) is -4.87. The Morgan fingerprint density at radius 2 is 1.76 bits per heavy atom. The molecule has 0 fully saturated rings. The largest absolute Gasteiger partial charge is 0.504 e. The zero-order valence-corrected chi connectivity index (χ0v) is 13.6. The molecule has 25 heavy (non-hydrogen) atoms. The number of aromatic hydroxyl groups is 1. The van der Waals surface area contributed by atoms with Crippen LogP contribution in [-0.4, -0.2) is 34.5 Å². The number of phenolic OH excluding ortho intramolecular Hbond substituents is 1. The Balaban J connectivity index is 2.43. The fourth-order valence-electron chi connectivity index (χ4n) is 2.46. The number of nitrogen functional groups attached to an aromatic ring is 1. The summed E-state index contributed by atoms with van der Waals surface area (Å²) < 4.78 is 32.5. The van der Waals surface area contributed by atoms with Crippen molar-refractivity contribution in [1.82, 2.24) is 9.88 Å². The van der Waals surface area contributed by atoms with Crippen LogP contribution in [0.25, 0.3) is 5.69 Å². The van der Waals surface area contributed by atoms with Crippen LogP contribution in [0.4, 0.5) is 5.82 Å². The van der Waals surface area contributed by atoms with Crippen molar-refractivity contribution in [2.24, 2.45) is 0 Å². The number of rotatable bonds is 2. The molecule has 0 aliphatic carbocycles. The second-order valence-corrected chi connectivity index (χ2v) is 6.85. The molecule has 0 spiro atoms. The highest BCUT2D eigenvalue weighted by atomic mass is 35.5. The van der Waals surface area contributed by atoms with E-state index >= 15 is 0 Å². The third-order valence-corrected chi connectivity index (χ3v) is 4.58. The maximum Gasteiger partial charge on any atom is 0.298 e. The summed E-state index contributed by atoms with van der Waals surface area (Å²) in [5.41, 5.74) is 3.81. The minimum Gasteiger partial charge on any atom is -0.504 e. The molecule has 12 heteroatoms. The van der Waals surface area contributed by atoms with E-state index in [-0.39, 0.29) is 16.1 Å². The zero-order valence-electron chi connectivity index (χ0n) is 12.0. The van der Waals surface area contributed by atoms with Gasteiger partial charge in [0.15, 0.2) is 5.75 Å². The number of phenols is 1. The first-order chi connectivity index (χ1) is 11.5. The highest BCUT2D eigenvalue weighted by Gasteiger charge is 2.33. The maximum absolute atomic E-state index is 12.3. The van der Waals surface area contributed by atoms with Gasteiger partial charge in [-0.3, -0.25) is 28.8 Å². The molecule has 0 saturated heterocycles. The number of hydrogen-bond donors (Lipinski definition) is 4. The molecule has 1 aromatic carbocycles. The van der Waals surface area contributed by atoms with E-state index in [2.05, 4.69) is 0 Å². The number of nitrogens with zero attached hydrogens (tertiary/aromatic N) is 1. The molecule has 2 heterocycles. The molecule has 0 unspecified atom stereocenters. The maximum atomic E-state index is 12.3. The third kappa shape index (κ3) is 2.54. The Morgan fingerprint density at radius 1 is 1.12 bits per heavy atom. The van der Waals surface area contributed by atoms with E-state index in [0.717, 1.165) is 18.2 Å². The Labute approximate surface area is 144 Å². The smallest absolute Gasteiger partial charge is 0.298 e. The molecule has 130 valence electrons. The van der Waals surface area contributed by atoms with Crippen molar-refractivity contribution in [1.29, 1.82) is 0 Å². The molecule has 0 saturated carbocycles. The zero-order chi connectivity index (χ0) is 18.7. The minimum absolute atomic E-state index is 0.243. The standard InChI is InChI=1S/C13H8ClN3O7S/c14-4-1-6(10(19)7(2-4)25(22,23)24)17-8(18)3-5-9(11(17)15)13(21)16-12(5)20/h1-3,19H,15H2,(H,16,20,21)(H,22,23,24). The van der Waals surface area contributed by atoms with Crippen molar-refractivity contribution < 1.29 is 27.7 Å². The lowest BCUT2D eigenvalue weighted by Crippen LogP contribution is -2.24. The number of carbonyl (C=O) groups excluding carboxylic acids is 2. The van der Waals surface area contributed by atoms with Crippen LogP contribution < -0.4 is 16.6 Å². The van der Waals surface area contributed by atoms with Crippen LogP contribution in [0.2, 0.25) is 5.02 Å². The molecule has 1 aromatic heterocycles. The van der Waals surface area contributed by atoms with Gasteiger partial charge in [0.25, 0.3) is 27.5 Å². The van der Waals surface area contributed by atoms with Gasteiger partial charge < -0.3 is 10.8 Å². The van der Waals surface area contributed by atoms with Crippen molar-refractivity contribution in [3.63, 3.8) is 0 Å². The van der Waals surface area contributed by atoms with Gasteiger partial charge in [0.2, 0.25) is 0 Å². The van der Waals surface area contributed by atoms with Gasteiger partial charge in [-0.2, -0.15) is 8.42 Å². The quantitative estimate of drug-likeness (QED) is 0.410.